The van der Waals surface area contributed by atoms with Crippen LogP contribution in [0, 0.1) is 18.2 Å². The van der Waals surface area contributed by atoms with Crippen LogP contribution in [0.2, 0.25) is 5.02 Å². The number of halogens is 2. The molecule has 1 heterocycles. The lowest BCUT2D eigenvalue weighted by atomic mass is 9.38. The molecule has 1 amide bonds. The second kappa shape index (κ2) is 7.36. The Bertz CT molecular complexity index is 971. The number of hydrogen-bond donors (Lipinski definition) is 1. The molecule has 0 spiro atoms. The van der Waals surface area contributed by atoms with Crippen LogP contribution < -0.4 is 10.1 Å². The summed E-state index contributed by atoms with van der Waals surface area (Å²) in [7, 11) is 0. The first-order valence-corrected chi connectivity index (χ1v) is 10.8. The third-order valence-corrected chi connectivity index (χ3v) is 7.39. The molecular weight excluding hydrogens is 415 g/mol. The molecule has 5 rings (SSSR count). The molecule has 0 radical (unpaired) electrons. The quantitative estimate of drug-likeness (QED) is 0.619. The maximum absolute atomic E-state index is 13.4. The Morgan fingerprint density at radius 2 is 2.07 bits per heavy atom. The fraction of sp³-hybridized carbons (Fsp3) is 0.476. The highest BCUT2D eigenvalue weighted by molar-refractivity contribution is 7.13. The Hall–Kier alpha value is -1.99. The lowest BCUT2D eigenvalue weighted by Gasteiger charge is -2.70. The third kappa shape index (κ3) is 3.90. The molecule has 2 bridgehead atoms. The number of rotatable bonds is 8. The van der Waals surface area contributed by atoms with E-state index in [4.69, 9.17) is 16.3 Å². The van der Waals surface area contributed by atoms with E-state index in [0.717, 1.165) is 47.3 Å². The van der Waals surface area contributed by atoms with E-state index in [1.54, 1.807) is 0 Å². The summed E-state index contributed by atoms with van der Waals surface area (Å²) in [5.74, 6) is -0.413. The van der Waals surface area contributed by atoms with Crippen LogP contribution in [0.3, 0.4) is 0 Å². The first-order valence-electron chi connectivity index (χ1n) is 9.62. The third-order valence-electron chi connectivity index (χ3n) is 5.74. The average molecular weight is 437 g/mol. The number of amides is 1. The van der Waals surface area contributed by atoms with Crippen LogP contribution in [0.1, 0.15) is 53.0 Å². The molecule has 154 valence electrons. The van der Waals surface area contributed by atoms with Crippen molar-refractivity contribution in [1.82, 2.24) is 10.3 Å². The zero-order valence-corrected chi connectivity index (χ0v) is 17.9. The number of nitrogens with zero attached hydrogens (tertiary/aromatic N) is 1. The van der Waals surface area contributed by atoms with E-state index in [-0.39, 0.29) is 40.0 Å². The molecule has 5 nitrogen and oxygen atoms in total. The van der Waals surface area contributed by atoms with Gasteiger partial charge in [-0.15, -0.1) is 11.3 Å². The summed E-state index contributed by atoms with van der Waals surface area (Å²) in [4.78, 5) is 30.1. The normalized spacial score (nSPS) is 24.4. The van der Waals surface area contributed by atoms with Gasteiger partial charge in [0.15, 0.2) is 12.4 Å². The molecule has 1 N–H and O–H groups in total. The summed E-state index contributed by atoms with van der Waals surface area (Å²) < 4.78 is 18.8. The molecule has 1 aromatic carbocycles. The Morgan fingerprint density at radius 3 is 2.69 bits per heavy atom. The predicted molar refractivity (Wildman–Crippen MR) is 109 cm³/mol. The summed E-state index contributed by atoms with van der Waals surface area (Å²) in [5, 5.41) is 4.02. The number of carbonyl (C=O) groups is 2. The highest BCUT2D eigenvalue weighted by Crippen LogP contribution is 2.69. The molecule has 3 saturated carbocycles. The standard InChI is InChI=1S/C21H22ClFN2O3S/c1-3-18-24-12(2)19(29-18)16(26)7-20-9-21(10-20,11-20)25-17(27)8-28-13-4-5-14(22)15(23)6-13/h4-6H,3,7-11H2,1-2H3,(H,25,27). The van der Waals surface area contributed by atoms with Gasteiger partial charge in [0.05, 0.1) is 20.6 Å². The monoisotopic (exact) mass is 436 g/mol. The van der Waals surface area contributed by atoms with E-state index >= 15 is 0 Å². The van der Waals surface area contributed by atoms with E-state index in [1.807, 2.05) is 13.8 Å². The van der Waals surface area contributed by atoms with Gasteiger partial charge < -0.3 is 10.1 Å². The molecule has 0 unspecified atom stereocenters. The van der Waals surface area contributed by atoms with Gasteiger partial charge in [-0.05, 0) is 50.2 Å². The van der Waals surface area contributed by atoms with Crippen LogP contribution in [0.5, 0.6) is 5.75 Å². The fourth-order valence-electron chi connectivity index (χ4n) is 4.65. The van der Waals surface area contributed by atoms with Crippen molar-refractivity contribution in [2.24, 2.45) is 5.41 Å². The number of thiazole rings is 1. The smallest absolute Gasteiger partial charge is 0.258 e. The second-order valence-corrected chi connectivity index (χ2v) is 9.69. The number of hydrogen-bond acceptors (Lipinski definition) is 5. The van der Waals surface area contributed by atoms with Crippen LogP contribution in [-0.4, -0.2) is 28.8 Å². The van der Waals surface area contributed by atoms with Gasteiger partial charge in [-0.2, -0.15) is 0 Å². The van der Waals surface area contributed by atoms with Crippen LogP contribution in [0.15, 0.2) is 18.2 Å². The molecule has 0 aliphatic heterocycles. The Kier molecular flexibility index (Phi) is 5.15. The lowest BCUT2D eigenvalue weighted by Crippen LogP contribution is -2.75. The average Bonchev–Trinajstić information content (AvgIpc) is 3.01. The summed E-state index contributed by atoms with van der Waals surface area (Å²) in [6.45, 7) is 3.74. The number of ketones is 1. The van der Waals surface area contributed by atoms with Crippen LogP contribution in [0.25, 0.3) is 0 Å². The fourth-order valence-corrected chi connectivity index (χ4v) is 5.71. The molecule has 3 aliphatic carbocycles. The summed E-state index contributed by atoms with van der Waals surface area (Å²) in [6, 6.07) is 4.06. The number of benzene rings is 1. The highest BCUT2D eigenvalue weighted by Gasteiger charge is 2.68. The second-order valence-electron chi connectivity index (χ2n) is 8.20. The van der Waals surface area contributed by atoms with Gasteiger partial charge in [0, 0.05) is 18.0 Å². The van der Waals surface area contributed by atoms with Crippen LogP contribution in [-0.2, 0) is 11.2 Å². The van der Waals surface area contributed by atoms with Gasteiger partial charge in [-0.3, -0.25) is 9.59 Å². The van der Waals surface area contributed by atoms with E-state index in [9.17, 15) is 14.0 Å². The van der Waals surface area contributed by atoms with Crippen molar-refractivity contribution in [3.8, 4) is 5.75 Å². The molecular formula is C21H22ClFN2O3S. The van der Waals surface area contributed by atoms with E-state index < -0.39 is 5.82 Å². The van der Waals surface area contributed by atoms with Crippen molar-refractivity contribution in [2.45, 2.75) is 51.5 Å². The topological polar surface area (TPSA) is 68.3 Å². The number of aryl methyl sites for hydroxylation is 2. The van der Waals surface area contributed by atoms with Gasteiger partial charge in [0.2, 0.25) is 0 Å². The number of nitrogens with one attached hydrogen (secondary N) is 1. The minimum absolute atomic E-state index is 0.00728. The molecule has 0 saturated heterocycles. The summed E-state index contributed by atoms with van der Waals surface area (Å²) in [6.07, 6.45) is 3.78. The van der Waals surface area contributed by atoms with Crippen LogP contribution in [0.4, 0.5) is 4.39 Å². The van der Waals surface area contributed by atoms with Gasteiger partial charge in [0.25, 0.3) is 5.91 Å². The van der Waals surface area contributed by atoms with E-state index in [0.29, 0.717) is 6.42 Å². The number of carbonyl (C=O) groups excluding carboxylic acids is 2. The van der Waals surface area contributed by atoms with Gasteiger partial charge in [-0.25, -0.2) is 9.37 Å². The SMILES string of the molecule is CCc1nc(C)c(C(=O)CC23CC(NC(=O)COc4ccc(Cl)c(F)c4)(C2)C3)s1. The van der Waals surface area contributed by atoms with Crippen molar-refractivity contribution in [3.63, 3.8) is 0 Å². The van der Waals surface area contributed by atoms with Crippen LogP contribution >= 0.6 is 22.9 Å². The van der Waals surface area contributed by atoms with Gasteiger partial charge in [0.1, 0.15) is 11.6 Å². The summed E-state index contributed by atoms with van der Waals surface area (Å²) >= 11 is 7.13. The number of Topliss-reactive ketones (excluding diaryl/α,β-unsaturated/α-hetero) is 1. The van der Waals surface area contributed by atoms with E-state index in [1.165, 1.54) is 23.5 Å². The van der Waals surface area contributed by atoms with Crippen molar-refractivity contribution in [1.29, 1.82) is 0 Å². The maximum Gasteiger partial charge on any atom is 0.258 e. The molecule has 1 aromatic heterocycles. The Labute approximate surface area is 177 Å². The molecule has 29 heavy (non-hydrogen) atoms. The molecule has 2 aromatic rings. The highest BCUT2D eigenvalue weighted by atomic mass is 35.5. The summed E-state index contributed by atoms with van der Waals surface area (Å²) in [5.41, 5.74) is 0.610. The maximum atomic E-state index is 13.4. The van der Waals surface area contributed by atoms with Crippen molar-refractivity contribution < 1.29 is 18.7 Å². The predicted octanol–water partition coefficient (Wildman–Crippen LogP) is 4.50. The molecule has 3 fully saturated rings. The molecule has 3 aliphatic rings. The Balaban J connectivity index is 1.25. The molecule has 8 heteroatoms. The minimum Gasteiger partial charge on any atom is -0.484 e. The van der Waals surface area contributed by atoms with E-state index in [2.05, 4.69) is 10.3 Å². The van der Waals surface area contributed by atoms with Crippen molar-refractivity contribution in [3.05, 3.63) is 44.6 Å². The minimum atomic E-state index is -0.585. The number of ether oxygens (including phenoxy) is 1. The zero-order valence-electron chi connectivity index (χ0n) is 16.3. The first-order chi connectivity index (χ1) is 13.7. The molecule has 0 atom stereocenters. The number of aromatic nitrogens is 1. The zero-order chi connectivity index (χ0) is 20.8. The Morgan fingerprint density at radius 1 is 1.34 bits per heavy atom. The van der Waals surface area contributed by atoms with Crippen molar-refractivity contribution >= 4 is 34.6 Å². The first kappa shape index (κ1) is 20.3. The van der Waals surface area contributed by atoms with Crippen molar-refractivity contribution in [2.75, 3.05) is 6.61 Å². The van der Waals surface area contributed by atoms with Gasteiger partial charge >= 0.3 is 0 Å². The largest absolute Gasteiger partial charge is 0.484 e. The lowest BCUT2D eigenvalue weighted by molar-refractivity contribution is -0.164. The van der Waals surface area contributed by atoms with Gasteiger partial charge in [-0.1, -0.05) is 18.5 Å².